The molecule has 23 heavy (non-hydrogen) atoms. The second-order valence-corrected chi connectivity index (χ2v) is 6.00. The van der Waals surface area contributed by atoms with Crippen LogP contribution in [-0.2, 0) is 4.74 Å². The van der Waals surface area contributed by atoms with Gasteiger partial charge in [-0.3, -0.25) is 4.79 Å². The third-order valence-electron chi connectivity index (χ3n) is 3.42. The van der Waals surface area contributed by atoms with E-state index < -0.39 is 0 Å². The van der Waals surface area contributed by atoms with E-state index in [9.17, 15) is 4.79 Å². The first-order chi connectivity index (χ1) is 11.1. The molecule has 0 aliphatic rings. The molecule has 0 heterocycles. The molecule has 0 bridgehead atoms. The van der Waals surface area contributed by atoms with Gasteiger partial charge in [0.2, 0.25) is 0 Å². The summed E-state index contributed by atoms with van der Waals surface area (Å²) in [6.07, 6.45) is 0.770. The van der Waals surface area contributed by atoms with Gasteiger partial charge in [0.25, 0.3) is 5.91 Å². The fourth-order valence-electron chi connectivity index (χ4n) is 2.12. The molecule has 0 fully saturated rings. The predicted octanol–water partition coefficient (Wildman–Crippen LogP) is 4.89. The molecular formula is C18H19Cl2NO2. The second-order valence-electron chi connectivity index (χ2n) is 5.16. The second kappa shape index (κ2) is 8.92. The van der Waals surface area contributed by atoms with Crippen LogP contribution in [0.1, 0.15) is 35.4 Å². The summed E-state index contributed by atoms with van der Waals surface area (Å²) in [7, 11) is 0. The molecule has 0 radical (unpaired) electrons. The molecule has 5 heteroatoms. The maximum atomic E-state index is 12.0. The van der Waals surface area contributed by atoms with Crippen LogP contribution in [0.4, 0.5) is 0 Å². The van der Waals surface area contributed by atoms with Crippen LogP contribution in [0.3, 0.4) is 0 Å². The van der Waals surface area contributed by atoms with Crippen molar-refractivity contribution in [3.05, 3.63) is 69.7 Å². The van der Waals surface area contributed by atoms with Gasteiger partial charge in [0.15, 0.2) is 0 Å². The third kappa shape index (κ3) is 5.54. The van der Waals surface area contributed by atoms with Gasteiger partial charge in [0, 0.05) is 18.2 Å². The number of carbonyl (C=O) groups is 1. The molecule has 0 aliphatic heterocycles. The van der Waals surface area contributed by atoms with Crippen LogP contribution in [0.25, 0.3) is 0 Å². The molecule has 1 unspecified atom stereocenters. The van der Waals surface area contributed by atoms with Crippen molar-refractivity contribution in [3.63, 3.8) is 0 Å². The zero-order valence-electron chi connectivity index (χ0n) is 12.9. The van der Waals surface area contributed by atoms with Crippen LogP contribution < -0.4 is 5.32 Å². The maximum Gasteiger partial charge on any atom is 0.252 e. The Morgan fingerprint density at radius 1 is 1.17 bits per heavy atom. The maximum absolute atomic E-state index is 12.0. The summed E-state index contributed by atoms with van der Waals surface area (Å²) in [5.74, 6) is -0.206. The van der Waals surface area contributed by atoms with Crippen LogP contribution in [0.5, 0.6) is 0 Å². The Bertz CT molecular complexity index is 647. The van der Waals surface area contributed by atoms with E-state index in [2.05, 4.69) is 5.32 Å². The van der Waals surface area contributed by atoms with Gasteiger partial charge < -0.3 is 10.1 Å². The summed E-state index contributed by atoms with van der Waals surface area (Å²) in [6.45, 7) is 3.12. The minimum atomic E-state index is -0.206. The molecule has 2 aromatic rings. The smallest absolute Gasteiger partial charge is 0.252 e. The van der Waals surface area contributed by atoms with Crippen LogP contribution in [0.2, 0.25) is 10.0 Å². The van der Waals surface area contributed by atoms with E-state index in [0.29, 0.717) is 28.8 Å². The predicted molar refractivity (Wildman–Crippen MR) is 94.2 cm³/mol. The Labute approximate surface area is 146 Å². The molecule has 122 valence electrons. The van der Waals surface area contributed by atoms with E-state index in [4.69, 9.17) is 27.9 Å². The lowest BCUT2D eigenvalue weighted by atomic mass is 10.1. The molecule has 0 aliphatic carbocycles. The van der Waals surface area contributed by atoms with Gasteiger partial charge in [0.1, 0.15) is 0 Å². The van der Waals surface area contributed by atoms with E-state index in [1.165, 1.54) is 0 Å². The van der Waals surface area contributed by atoms with E-state index in [0.717, 1.165) is 12.0 Å². The Morgan fingerprint density at radius 3 is 2.61 bits per heavy atom. The molecule has 0 spiro atoms. The number of ether oxygens (including phenoxy) is 1. The number of hydrogen-bond donors (Lipinski definition) is 1. The Hall–Kier alpha value is -1.55. The van der Waals surface area contributed by atoms with Gasteiger partial charge in [-0.15, -0.1) is 0 Å². The largest absolute Gasteiger partial charge is 0.374 e. The molecule has 0 aromatic heterocycles. The first-order valence-corrected chi connectivity index (χ1v) is 8.23. The van der Waals surface area contributed by atoms with Gasteiger partial charge in [-0.2, -0.15) is 0 Å². The monoisotopic (exact) mass is 351 g/mol. The number of benzene rings is 2. The summed E-state index contributed by atoms with van der Waals surface area (Å²) < 4.78 is 5.76. The van der Waals surface area contributed by atoms with Crippen LogP contribution in [-0.4, -0.2) is 19.1 Å². The molecule has 1 N–H and O–H groups in total. The van der Waals surface area contributed by atoms with Crippen LogP contribution >= 0.6 is 23.2 Å². The summed E-state index contributed by atoms with van der Waals surface area (Å²) in [6, 6.07) is 14.9. The van der Waals surface area contributed by atoms with Crippen molar-refractivity contribution >= 4 is 29.1 Å². The number of nitrogens with one attached hydrogen (secondary N) is 1. The highest BCUT2D eigenvalue weighted by molar-refractivity contribution is 6.36. The van der Waals surface area contributed by atoms with E-state index in [1.807, 2.05) is 37.3 Å². The van der Waals surface area contributed by atoms with Crippen molar-refractivity contribution < 1.29 is 9.53 Å². The number of rotatable bonds is 7. The van der Waals surface area contributed by atoms with Crippen LogP contribution in [0.15, 0.2) is 48.5 Å². The normalized spacial score (nSPS) is 12.0. The van der Waals surface area contributed by atoms with Crippen molar-refractivity contribution in [2.75, 3.05) is 13.2 Å². The van der Waals surface area contributed by atoms with Crippen molar-refractivity contribution in [2.45, 2.75) is 19.4 Å². The number of halogens is 2. The fourth-order valence-corrected chi connectivity index (χ4v) is 2.62. The van der Waals surface area contributed by atoms with Gasteiger partial charge in [0.05, 0.1) is 16.7 Å². The minimum Gasteiger partial charge on any atom is -0.374 e. The van der Waals surface area contributed by atoms with Crippen molar-refractivity contribution in [3.8, 4) is 0 Å². The van der Waals surface area contributed by atoms with Crippen molar-refractivity contribution in [1.29, 1.82) is 0 Å². The molecule has 2 rings (SSSR count). The third-order valence-corrected chi connectivity index (χ3v) is 3.97. The van der Waals surface area contributed by atoms with Gasteiger partial charge >= 0.3 is 0 Å². The lowest BCUT2D eigenvalue weighted by Crippen LogP contribution is -2.25. The Kier molecular flexibility index (Phi) is 6.90. The summed E-state index contributed by atoms with van der Waals surface area (Å²) >= 11 is 11.8. The molecule has 1 atom stereocenters. The van der Waals surface area contributed by atoms with Crippen molar-refractivity contribution in [2.24, 2.45) is 0 Å². The standard InChI is InChI=1S/C18H19Cl2NO2/c1-13(14-6-3-2-4-7-14)23-11-5-10-21-18(22)16-9-8-15(19)12-17(16)20/h2-4,6-9,12-13H,5,10-11H2,1H3,(H,21,22). The van der Waals surface area contributed by atoms with E-state index in [-0.39, 0.29) is 12.0 Å². The number of amides is 1. The molecule has 2 aromatic carbocycles. The zero-order chi connectivity index (χ0) is 16.7. The highest BCUT2D eigenvalue weighted by Crippen LogP contribution is 2.20. The molecule has 0 saturated carbocycles. The zero-order valence-corrected chi connectivity index (χ0v) is 14.4. The number of carbonyl (C=O) groups excluding carboxylic acids is 1. The van der Waals surface area contributed by atoms with Crippen LogP contribution in [0, 0.1) is 0 Å². The summed E-state index contributed by atoms with van der Waals surface area (Å²) in [5.41, 5.74) is 1.57. The van der Waals surface area contributed by atoms with Crippen molar-refractivity contribution in [1.82, 2.24) is 5.32 Å². The minimum absolute atomic E-state index is 0.0395. The van der Waals surface area contributed by atoms with Gasteiger partial charge in [-0.1, -0.05) is 53.5 Å². The highest BCUT2D eigenvalue weighted by Gasteiger charge is 2.10. The Balaban J connectivity index is 1.70. The molecule has 1 amide bonds. The van der Waals surface area contributed by atoms with E-state index in [1.54, 1.807) is 18.2 Å². The fraction of sp³-hybridized carbons (Fsp3) is 0.278. The highest BCUT2D eigenvalue weighted by atomic mass is 35.5. The summed E-state index contributed by atoms with van der Waals surface area (Å²) in [5, 5.41) is 3.69. The quantitative estimate of drug-likeness (QED) is 0.721. The average Bonchev–Trinajstić information content (AvgIpc) is 2.55. The molecular weight excluding hydrogens is 333 g/mol. The van der Waals surface area contributed by atoms with Gasteiger partial charge in [-0.05, 0) is 37.1 Å². The lowest BCUT2D eigenvalue weighted by Gasteiger charge is -2.13. The first-order valence-electron chi connectivity index (χ1n) is 7.47. The first kappa shape index (κ1) is 17.8. The summed E-state index contributed by atoms with van der Waals surface area (Å²) in [4.78, 5) is 12.0. The topological polar surface area (TPSA) is 38.3 Å². The SMILES string of the molecule is CC(OCCCNC(=O)c1ccc(Cl)cc1Cl)c1ccccc1. The lowest BCUT2D eigenvalue weighted by molar-refractivity contribution is 0.0635. The molecule has 3 nitrogen and oxygen atoms in total. The number of hydrogen-bond acceptors (Lipinski definition) is 2. The van der Waals surface area contributed by atoms with Gasteiger partial charge in [-0.25, -0.2) is 0 Å². The Morgan fingerprint density at radius 2 is 1.91 bits per heavy atom. The average molecular weight is 352 g/mol. The molecule has 0 saturated heterocycles. The van der Waals surface area contributed by atoms with E-state index >= 15 is 0 Å².